The first-order valence-electron chi connectivity index (χ1n) is 9.55. The van der Waals surface area contributed by atoms with E-state index in [0.29, 0.717) is 28.9 Å². The first-order valence-corrected chi connectivity index (χ1v) is 10.4. The molecule has 1 aliphatic heterocycles. The van der Waals surface area contributed by atoms with Crippen molar-refractivity contribution >= 4 is 46.3 Å². The van der Waals surface area contributed by atoms with Crippen LogP contribution in [0.4, 0.5) is 16.6 Å². The van der Waals surface area contributed by atoms with Gasteiger partial charge in [0.25, 0.3) is 0 Å². The van der Waals surface area contributed by atoms with Crippen molar-refractivity contribution in [2.24, 2.45) is 0 Å². The van der Waals surface area contributed by atoms with E-state index in [1.807, 2.05) is 4.90 Å². The fourth-order valence-electron chi connectivity index (χ4n) is 3.34. The summed E-state index contributed by atoms with van der Waals surface area (Å²) in [6.45, 7) is 10.4. The zero-order valence-electron chi connectivity index (χ0n) is 16.8. The number of nitrogens with one attached hydrogen (secondary N) is 1. The molecule has 31 heavy (non-hydrogen) atoms. The number of ether oxygens (including phenoxy) is 1. The SMILES string of the molecule is Cl.[C-]#[N+]c1ccncc1Oc1ccnc(Nc2nc(C3CCN(C(C)=O)CC3)cs2)c1. The molecule has 0 radical (unpaired) electrons. The van der Waals surface area contributed by atoms with Crippen LogP contribution in [-0.4, -0.2) is 38.8 Å². The third-order valence-electron chi connectivity index (χ3n) is 4.96. The second kappa shape index (κ2) is 10.2. The van der Waals surface area contributed by atoms with Gasteiger partial charge in [0.05, 0.1) is 18.5 Å². The molecule has 0 bridgehead atoms. The number of aromatic nitrogens is 3. The molecule has 3 aromatic rings. The van der Waals surface area contributed by atoms with Crippen molar-refractivity contribution in [1.29, 1.82) is 0 Å². The topological polar surface area (TPSA) is 84.6 Å². The maximum absolute atomic E-state index is 11.5. The van der Waals surface area contributed by atoms with Gasteiger partial charge in [0, 0.05) is 49.8 Å². The van der Waals surface area contributed by atoms with Gasteiger partial charge in [0.2, 0.25) is 11.6 Å². The zero-order chi connectivity index (χ0) is 20.9. The van der Waals surface area contributed by atoms with Crippen molar-refractivity contribution in [2.75, 3.05) is 18.4 Å². The summed E-state index contributed by atoms with van der Waals surface area (Å²) in [6.07, 6.45) is 6.57. The maximum atomic E-state index is 11.5. The van der Waals surface area contributed by atoms with Crippen molar-refractivity contribution in [1.82, 2.24) is 19.9 Å². The van der Waals surface area contributed by atoms with E-state index < -0.39 is 0 Å². The third-order valence-corrected chi connectivity index (χ3v) is 5.73. The van der Waals surface area contributed by atoms with E-state index >= 15 is 0 Å². The van der Waals surface area contributed by atoms with Gasteiger partial charge in [-0.15, -0.1) is 23.7 Å². The normalized spacial score (nSPS) is 13.7. The summed E-state index contributed by atoms with van der Waals surface area (Å²) in [6, 6.07) is 5.09. The van der Waals surface area contributed by atoms with Crippen molar-refractivity contribution in [2.45, 2.75) is 25.7 Å². The van der Waals surface area contributed by atoms with Gasteiger partial charge in [-0.3, -0.25) is 9.78 Å². The molecule has 160 valence electrons. The largest absolute Gasteiger partial charge is 0.467 e. The molecule has 1 amide bonds. The van der Waals surface area contributed by atoms with Crippen LogP contribution in [0.3, 0.4) is 0 Å². The molecule has 0 aromatic carbocycles. The number of halogens is 1. The number of nitrogens with zero attached hydrogens (tertiary/aromatic N) is 5. The smallest absolute Gasteiger partial charge is 0.231 e. The van der Waals surface area contributed by atoms with Crippen molar-refractivity contribution in [3.8, 4) is 11.5 Å². The highest BCUT2D eigenvalue weighted by molar-refractivity contribution is 7.13. The van der Waals surface area contributed by atoms with Crippen LogP contribution in [0, 0.1) is 6.57 Å². The number of hydrogen-bond donors (Lipinski definition) is 1. The number of carbonyl (C=O) groups excluding carboxylic acids is 1. The van der Waals surface area contributed by atoms with Crippen molar-refractivity contribution in [3.05, 3.63) is 59.3 Å². The summed E-state index contributed by atoms with van der Waals surface area (Å²) >= 11 is 1.53. The number of amides is 1. The van der Waals surface area contributed by atoms with Gasteiger partial charge in [-0.05, 0) is 25.0 Å². The number of piperidine rings is 1. The van der Waals surface area contributed by atoms with Crippen LogP contribution in [0.1, 0.15) is 31.4 Å². The Balaban J connectivity index is 0.00000272. The minimum Gasteiger partial charge on any atom is -0.467 e. The van der Waals surface area contributed by atoms with E-state index in [9.17, 15) is 4.79 Å². The molecule has 0 unspecified atom stereocenters. The molecule has 0 saturated carbocycles. The predicted molar refractivity (Wildman–Crippen MR) is 122 cm³/mol. The molecule has 1 N–H and O–H groups in total. The zero-order valence-corrected chi connectivity index (χ0v) is 18.4. The molecule has 3 aromatic heterocycles. The molecule has 1 saturated heterocycles. The summed E-state index contributed by atoms with van der Waals surface area (Å²) in [7, 11) is 0. The number of carbonyl (C=O) groups is 1. The molecule has 10 heteroatoms. The summed E-state index contributed by atoms with van der Waals surface area (Å²) < 4.78 is 5.80. The second-order valence-corrected chi connectivity index (χ2v) is 7.78. The molecule has 0 aliphatic carbocycles. The first kappa shape index (κ1) is 22.5. The van der Waals surface area contributed by atoms with E-state index in [4.69, 9.17) is 16.3 Å². The predicted octanol–water partition coefficient (Wildman–Crippen LogP) is 5.17. The molecule has 4 heterocycles. The monoisotopic (exact) mass is 456 g/mol. The number of anilines is 2. The summed E-state index contributed by atoms with van der Waals surface area (Å²) in [5, 5.41) is 6.04. The Bertz CT molecular complexity index is 1090. The highest BCUT2D eigenvalue weighted by Gasteiger charge is 2.23. The van der Waals surface area contributed by atoms with E-state index in [2.05, 4.69) is 25.5 Å². The van der Waals surface area contributed by atoms with Crippen LogP contribution in [-0.2, 0) is 4.79 Å². The molecule has 8 nitrogen and oxygen atoms in total. The molecule has 1 fully saturated rings. The lowest BCUT2D eigenvalue weighted by Crippen LogP contribution is -2.36. The molecule has 0 atom stereocenters. The molecule has 0 spiro atoms. The van der Waals surface area contributed by atoms with Gasteiger partial charge in [0.1, 0.15) is 11.6 Å². The Morgan fingerprint density at radius 3 is 2.87 bits per heavy atom. The number of hydrogen-bond acceptors (Lipinski definition) is 7. The van der Waals surface area contributed by atoms with E-state index in [-0.39, 0.29) is 18.3 Å². The Hall–Kier alpha value is -3.22. The molecule has 4 rings (SSSR count). The lowest BCUT2D eigenvalue weighted by Gasteiger charge is -2.30. The minimum absolute atomic E-state index is 0. The van der Waals surface area contributed by atoms with Gasteiger partial charge < -0.3 is 15.0 Å². The van der Waals surface area contributed by atoms with Crippen LogP contribution in [0.2, 0.25) is 0 Å². The summed E-state index contributed by atoms with van der Waals surface area (Å²) in [4.78, 5) is 29.9. The molecule has 1 aliphatic rings. The number of thiazole rings is 1. The first-order chi connectivity index (χ1) is 14.6. The Morgan fingerprint density at radius 2 is 2.13 bits per heavy atom. The maximum Gasteiger partial charge on any atom is 0.231 e. The Labute approximate surface area is 190 Å². The summed E-state index contributed by atoms with van der Waals surface area (Å²) in [5.41, 5.74) is 1.45. The molecular weight excluding hydrogens is 436 g/mol. The quantitative estimate of drug-likeness (QED) is 0.533. The highest BCUT2D eigenvalue weighted by Crippen LogP contribution is 2.33. The lowest BCUT2D eigenvalue weighted by molar-refractivity contribution is -0.129. The average Bonchev–Trinajstić information content (AvgIpc) is 3.23. The van der Waals surface area contributed by atoms with Crippen molar-refractivity contribution < 1.29 is 9.53 Å². The Kier molecular flexibility index (Phi) is 7.39. The lowest BCUT2D eigenvalue weighted by atomic mass is 9.94. The van der Waals surface area contributed by atoms with Gasteiger partial charge in [-0.2, -0.15) is 0 Å². The van der Waals surface area contributed by atoms with Crippen LogP contribution in [0.25, 0.3) is 4.85 Å². The van der Waals surface area contributed by atoms with Gasteiger partial charge in [-0.1, -0.05) is 0 Å². The standard InChI is InChI=1S/C21H20N6O2S.ClH/c1-14(28)27-9-5-15(6-10-27)18-13-30-21(25-18)26-20-11-16(3-8-24-20)29-19-12-23-7-4-17(19)22-2;/h3-4,7-8,11-13,15H,5-6,9-10H2,1H3,(H,24,25,26);1H. The van der Waals surface area contributed by atoms with Crippen LogP contribution >= 0.6 is 23.7 Å². The van der Waals surface area contributed by atoms with Crippen LogP contribution in [0.5, 0.6) is 11.5 Å². The number of pyridine rings is 2. The second-order valence-electron chi connectivity index (χ2n) is 6.92. The number of rotatable bonds is 5. The fraction of sp³-hybridized carbons (Fsp3) is 0.286. The van der Waals surface area contributed by atoms with E-state index in [1.165, 1.54) is 17.5 Å². The van der Waals surface area contributed by atoms with Gasteiger partial charge >= 0.3 is 0 Å². The number of likely N-dealkylation sites (tertiary alicyclic amines) is 1. The van der Waals surface area contributed by atoms with Crippen molar-refractivity contribution in [3.63, 3.8) is 0 Å². The van der Waals surface area contributed by atoms with E-state index in [1.54, 1.807) is 37.5 Å². The highest BCUT2D eigenvalue weighted by atomic mass is 35.5. The molecular formula is C21H21ClN6O2S. The minimum atomic E-state index is 0. The van der Waals surface area contributed by atoms with Crippen LogP contribution < -0.4 is 10.1 Å². The van der Waals surface area contributed by atoms with E-state index in [0.717, 1.165) is 36.8 Å². The van der Waals surface area contributed by atoms with Crippen LogP contribution in [0.15, 0.2) is 42.2 Å². The fourth-order valence-corrected chi connectivity index (χ4v) is 4.14. The average molecular weight is 457 g/mol. The summed E-state index contributed by atoms with van der Waals surface area (Å²) in [5.74, 6) is 2.06. The van der Waals surface area contributed by atoms with Gasteiger partial charge in [0.15, 0.2) is 10.9 Å². The van der Waals surface area contributed by atoms with Gasteiger partial charge in [-0.25, -0.2) is 14.8 Å². The third kappa shape index (κ3) is 5.48. The Morgan fingerprint density at radius 1 is 1.32 bits per heavy atom.